The highest BCUT2D eigenvalue weighted by Crippen LogP contribution is 2.30. The summed E-state index contributed by atoms with van der Waals surface area (Å²) in [6, 6.07) is 9.62. The quantitative estimate of drug-likeness (QED) is 0.552. The fourth-order valence-electron chi connectivity index (χ4n) is 4.14. The molecule has 35 heavy (non-hydrogen) atoms. The Morgan fingerprint density at radius 2 is 1.97 bits per heavy atom. The molecule has 1 aliphatic carbocycles. The number of alkyl carbamates (subject to hydrolysis) is 1. The number of hydrogen-bond acceptors (Lipinski definition) is 7. The molecule has 0 saturated heterocycles. The maximum absolute atomic E-state index is 12.0. The van der Waals surface area contributed by atoms with Crippen molar-refractivity contribution in [1.29, 1.82) is 5.26 Å². The first-order chi connectivity index (χ1) is 16.8. The van der Waals surface area contributed by atoms with Crippen LogP contribution in [0.2, 0.25) is 0 Å². The van der Waals surface area contributed by atoms with Crippen LogP contribution < -0.4 is 10.1 Å². The average molecular weight is 475 g/mol. The first-order valence-electron chi connectivity index (χ1n) is 11.8. The predicted octanol–water partition coefficient (Wildman–Crippen LogP) is 4.66. The molecule has 0 bridgehead atoms. The lowest BCUT2D eigenvalue weighted by Gasteiger charge is -2.30. The lowest BCUT2D eigenvalue weighted by Crippen LogP contribution is -2.41. The molecule has 4 rings (SSSR count). The number of amides is 1. The van der Waals surface area contributed by atoms with Gasteiger partial charge in [-0.1, -0.05) is 12.1 Å². The molecule has 9 nitrogen and oxygen atoms in total. The largest absolute Gasteiger partial charge is 0.489 e. The second kappa shape index (κ2) is 10.6. The van der Waals surface area contributed by atoms with E-state index in [1.165, 1.54) is 6.33 Å². The summed E-state index contributed by atoms with van der Waals surface area (Å²) >= 11 is 0. The summed E-state index contributed by atoms with van der Waals surface area (Å²) in [5, 5.41) is 16.8. The van der Waals surface area contributed by atoms with E-state index in [9.17, 15) is 10.1 Å². The van der Waals surface area contributed by atoms with Crippen molar-refractivity contribution in [3.8, 4) is 28.8 Å². The number of rotatable bonds is 6. The number of nitriles is 1. The topological polar surface area (TPSA) is 115 Å². The number of nitrogens with one attached hydrogen (secondary N) is 1. The van der Waals surface area contributed by atoms with Gasteiger partial charge in [0.05, 0.1) is 30.3 Å². The molecule has 2 aromatic heterocycles. The van der Waals surface area contributed by atoms with Gasteiger partial charge in [0.1, 0.15) is 23.7 Å². The number of nitrogens with zero attached hydrogens (tertiary/aromatic N) is 5. The van der Waals surface area contributed by atoms with Crippen molar-refractivity contribution in [3.05, 3.63) is 54.7 Å². The van der Waals surface area contributed by atoms with Crippen molar-refractivity contribution in [3.63, 3.8) is 0 Å². The maximum atomic E-state index is 12.0. The summed E-state index contributed by atoms with van der Waals surface area (Å²) in [5.41, 5.74) is 2.18. The van der Waals surface area contributed by atoms with Crippen molar-refractivity contribution in [2.75, 3.05) is 6.61 Å². The third-order valence-electron chi connectivity index (χ3n) is 5.85. The number of benzene rings is 1. The summed E-state index contributed by atoms with van der Waals surface area (Å²) < 4.78 is 13.2. The van der Waals surface area contributed by atoms with Gasteiger partial charge in [0.25, 0.3) is 0 Å². The van der Waals surface area contributed by atoms with Gasteiger partial charge in [-0.25, -0.2) is 19.4 Å². The molecule has 9 heteroatoms. The zero-order chi connectivity index (χ0) is 24.8. The van der Waals surface area contributed by atoms with E-state index in [2.05, 4.69) is 26.5 Å². The standard InChI is InChI=1S/C26H30N6O3/c1-26(2,3)35-25(33)31-21-10-8-18(9-11-21)16-34-23-14-28-17-29-24(23)20-13-30-32(15-20)22-7-5-4-6-19(22)12-27/h4-7,13-15,17-18,21H,8-11,16H2,1-3H3,(H,31,33). The Balaban J connectivity index is 1.35. The van der Waals surface area contributed by atoms with Crippen LogP contribution in [0, 0.1) is 17.2 Å². The number of para-hydroxylation sites is 1. The van der Waals surface area contributed by atoms with Crippen LogP contribution >= 0.6 is 0 Å². The Morgan fingerprint density at radius 1 is 1.20 bits per heavy atom. The Kier molecular flexibility index (Phi) is 7.30. The first-order valence-corrected chi connectivity index (χ1v) is 11.8. The van der Waals surface area contributed by atoms with E-state index in [4.69, 9.17) is 9.47 Å². The van der Waals surface area contributed by atoms with Crippen molar-refractivity contribution in [2.24, 2.45) is 5.92 Å². The van der Waals surface area contributed by atoms with E-state index in [1.54, 1.807) is 23.1 Å². The molecular weight excluding hydrogens is 444 g/mol. The van der Waals surface area contributed by atoms with Gasteiger partial charge in [-0.2, -0.15) is 10.4 Å². The van der Waals surface area contributed by atoms with Crippen LogP contribution in [0.3, 0.4) is 0 Å². The van der Waals surface area contributed by atoms with Crippen LogP contribution in [-0.4, -0.2) is 44.1 Å². The molecule has 0 atom stereocenters. The predicted molar refractivity (Wildman–Crippen MR) is 130 cm³/mol. The van der Waals surface area contributed by atoms with Crippen molar-refractivity contribution in [1.82, 2.24) is 25.1 Å². The van der Waals surface area contributed by atoms with Crippen LogP contribution in [-0.2, 0) is 4.74 Å². The SMILES string of the molecule is CC(C)(C)OC(=O)NC1CCC(COc2cncnc2-c2cnn(-c3ccccc3C#N)c2)CC1. The maximum Gasteiger partial charge on any atom is 0.407 e. The van der Waals surface area contributed by atoms with Crippen molar-refractivity contribution in [2.45, 2.75) is 58.1 Å². The summed E-state index contributed by atoms with van der Waals surface area (Å²) in [5.74, 6) is 0.972. The fourth-order valence-corrected chi connectivity index (χ4v) is 4.14. The number of carbonyl (C=O) groups excluding carboxylic acids is 1. The van der Waals surface area contributed by atoms with Gasteiger partial charge < -0.3 is 14.8 Å². The van der Waals surface area contributed by atoms with Crippen LogP contribution in [0.15, 0.2) is 49.2 Å². The molecule has 0 unspecified atom stereocenters. The zero-order valence-corrected chi connectivity index (χ0v) is 20.3. The third-order valence-corrected chi connectivity index (χ3v) is 5.85. The lowest BCUT2D eigenvalue weighted by molar-refractivity contribution is 0.0483. The first kappa shape index (κ1) is 24.2. The molecule has 3 aromatic rings. The fraction of sp³-hybridized carbons (Fsp3) is 0.423. The molecule has 1 saturated carbocycles. The molecule has 1 fully saturated rings. The highest BCUT2D eigenvalue weighted by Gasteiger charge is 2.25. The second-order valence-corrected chi connectivity index (χ2v) is 9.71. The minimum absolute atomic E-state index is 0.124. The van der Waals surface area contributed by atoms with Crippen LogP contribution in [0.4, 0.5) is 4.79 Å². The van der Waals surface area contributed by atoms with Gasteiger partial charge in [-0.15, -0.1) is 0 Å². The van der Waals surface area contributed by atoms with Gasteiger partial charge in [0.2, 0.25) is 0 Å². The molecule has 0 aliphatic heterocycles. The average Bonchev–Trinajstić information content (AvgIpc) is 3.32. The van der Waals surface area contributed by atoms with Crippen LogP contribution in [0.25, 0.3) is 16.9 Å². The van der Waals surface area contributed by atoms with Crippen molar-refractivity contribution >= 4 is 6.09 Å². The molecule has 1 amide bonds. The van der Waals surface area contributed by atoms with E-state index in [0.717, 1.165) is 31.2 Å². The molecule has 2 heterocycles. The van der Waals surface area contributed by atoms with Crippen molar-refractivity contribution < 1.29 is 14.3 Å². The summed E-state index contributed by atoms with van der Waals surface area (Å²) in [7, 11) is 0. The molecule has 182 valence electrons. The highest BCUT2D eigenvalue weighted by atomic mass is 16.6. The number of hydrogen-bond donors (Lipinski definition) is 1. The van der Waals surface area contributed by atoms with Gasteiger partial charge >= 0.3 is 6.09 Å². The number of ether oxygens (including phenoxy) is 2. The van der Waals surface area contributed by atoms with E-state index in [-0.39, 0.29) is 12.1 Å². The van der Waals surface area contributed by atoms with E-state index < -0.39 is 5.60 Å². The van der Waals surface area contributed by atoms with E-state index in [0.29, 0.717) is 35.2 Å². The minimum atomic E-state index is -0.500. The molecular formula is C26H30N6O3. The Labute approximate surface area is 205 Å². The molecule has 0 spiro atoms. The zero-order valence-electron chi connectivity index (χ0n) is 20.3. The third kappa shape index (κ3) is 6.35. The normalized spacial score (nSPS) is 17.9. The number of carbonyl (C=O) groups is 1. The van der Waals surface area contributed by atoms with Gasteiger partial charge in [0.15, 0.2) is 5.75 Å². The minimum Gasteiger partial charge on any atom is -0.489 e. The Bertz CT molecular complexity index is 1200. The monoisotopic (exact) mass is 474 g/mol. The Morgan fingerprint density at radius 3 is 2.71 bits per heavy atom. The van der Waals surface area contributed by atoms with Crippen LogP contribution in [0.5, 0.6) is 5.75 Å². The Hall–Kier alpha value is -3.93. The van der Waals surface area contributed by atoms with E-state index >= 15 is 0 Å². The lowest BCUT2D eigenvalue weighted by atomic mass is 9.86. The number of aromatic nitrogens is 4. The van der Waals surface area contributed by atoms with Gasteiger partial charge in [-0.05, 0) is 64.5 Å². The summed E-state index contributed by atoms with van der Waals surface area (Å²) in [6.07, 6.45) is 10.00. The smallest absolute Gasteiger partial charge is 0.407 e. The highest BCUT2D eigenvalue weighted by molar-refractivity contribution is 5.68. The van der Waals surface area contributed by atoms with Crippen LogP contribution in [0.1, 0.15) is 52.0 Å². The summed E-state index contributed by atoms with van der Waals surface area (Å²) in [4.78, 5) is 20.6. The molecule has 1 N–H and O–H groups in total. The molecule has 1 aromatic carbocycles. The van der Waals surface area contributed by atoms with E-state index in [1.807, 2.05) is 45.2 Å². The molecule has 1 aliphatic rings. The molecule has 0 radical (unpaired) electrons. The van der Waals surface area contributed by atoms with Gasteiger partial charge in [0, 0.05) is 17.8 Å². The second-order valence-electron chi connectivity index (χ2n) is 9.71. The summed E-state index contributed by atoms with van der Waals surface area (Å²) in [6.45, 7) is 6.13. The van der Waals surface area contributed by atoms with Gasteiger partial charge in [-0.3, -0.25) is 0 Å².